The van der Waals surface area contributed by atoms with Crippen molar-refractivity contribution in [3.05, 3.63) is 71.8 Å². The Morgan fingerprint density at radius 2 is 1.29 bits per heavy atom. The van der Waals surface area contributed by atoms with Gasteiger partial charge in [0, 0.05) is 25.8 Å². The summed E-state index contributed by atoms with van der Waals surface area (Å²) in [5, 5.41) is 0. The molecule has 9 nitrogen and oxygen atoms in total. The van der Waals surface area contributed by atoms with Crippen LogP contribution < -0.4 is 0 Å². The number of benzene rings is 2. The van der Waals surface area contributed by atoms with Crippen LogP contribution in [0.1, 0.15) is 18.1 Å². The summed E-state index contributed by atoms with van der Waals surface area (Å²) in [6.07, 6.45) is -1.32. The summed E-state index contributed by atoms with van der Waals surface area (Å²) < 4.78 is 24.7. The lowest BCUT2D eigenvalue weighted by Crippen LogP contribution is -2.48. The summed E-state index contributed by atoms with van der Waals surface area (Å²) in [7, 11) is 4.16. The van der Waals surface area contributed by atoms with E-state index in [9.17, 15) is 14.4 Å². The highest BCUT2D eigenvalue weighted by atomic mass is 35.5. The minimum atomic E-state index is -0.823. The van der Waals surface area contributed by atoms with Gasteiger partial charge in [-0.1, -0.05) is 60.7 Å². The van der Waals surface area contributed by atoms with Crippen molar-refractivity contribution in [1.82, 2.24) is 4.90 Å². The van der Waals surface area contributed by atoms with E-state index in [2.05, 4.69) is 9.47 Å². The van der Waals surface area contributed by atoms with E-state index in [1.165, 1.54) is 26.2 Å². The number of esters is 1. The minimum Gasteiger partial charge on any atom is -0.467 e. The zero-order valence-corrected chi connectivity index (χ0v) is 20.4. The van der Waals surface area contributed by atoms with Crippen LogP contribution in [0.4, 0.5) is 9.59 Å². The van der Waals surface area contributed by atoms with Gasteiger partial charge >= 0.3 is 17.5 Å². The Bertz CT molecular complexity index is 862. The Labute approximate surface area is 204 Å². The van der Waals surface area contributed by atoms with Gasteiger partial charge in [-0.3, -0.25) is 4.90 Å². The Morgan fingerprint density at radius 1 is 0.824 bits per heavy atom. The zero-order valence-electron chi connectivity index (χ0n) is 19.6. The molecule has 0 N–H and O–H groups in total. The average Bonchev–Trinajstić information content (AvgIpc) is 2.87. The van der Waals surface area contributed by atoms with Crippen LogP contribution in [0.3, 0.4) is 0 Å². The Balaban J connectivity index is 0.000000437. The first kappa shape index (κ1) is 28.9. The first-order valence-corrected chi connectivity index (χ1v) is 10.7. The van der Waals surface area contributed by atoms with Crippen molar-refractivity contribution in [1.29, 1.82) is 0 Å². The molecule has 1 amide bonds. The first-order valence-electron chi connectivity index (χ1n) is 10.3. The molecule has 0 heterocycles. The predicted octanol–water partition coefficient (Wildman–Crippen LogP) is 4.37. The maximum Gasteiger partial charge on any atom is 0.411 e. The lowest BCUT2D eigenvalue weighted by atomic mass is 10.2. The third-order valence-electron chi connectivity index (χ3n) is 4.52. The van der Waals surface area contributed by atoms with Crippen LogP contribution in [-0.2, 0) is 41.7 Å². The van der Waals surface area contributed by atoms with Gasteiger partial charge in [0.1, 0.15) is 19.3 Å². The average molecular weight is 496 g/mol. The highest BCUT2D eigenvalue weighted by molar-refractivity contribution is 6.61. The number of carbonyl (C=O) groups is 3. The van der Waals surface area contributed by atoms with Crippen LogP contribution in [0.15, 0.2) is 60.7 Å². The van der Waals surface area contributed by atoms with E-state index in [0.29, 0.717) is 0 Å². The smallest absolute Gasteiger partial charge is 0.411 e. The van der Waals surface area contributed by atoms with Crippen molar-refractivity contribution < 1.29 is 38.1 Å². The van der Waals surface area contributed by atoms with Gasteiger partial charge in [0.05, 0.1) is 13.7 Å². The van der Waals surface area contributed by atoms with Crippen molar-refractivity contribution in [2.75, 3.05) is 27.9 Å². The van der Waals surface area contributed by atoms with Crippen molar-refractivity contribution >= 4 is 29.1 Å². The van der Waals surface area contributed by atoms with Gasteiger partial charge in [-0.05, 0) is 18.1 Å². The van der Waals surface area contributed by atoms with Gasteiger partial charge in [0.15, 0.2) is 6.29 Å². The summed E-state index contributed by atoms with van der Waals surface area (Å²) in [4.78, 5) is 35.4. The molecule has 0 spiro atoms. The second-order valence-electron chi connectivity index (χ2n) is 6.80. The van der Waals surface area contributed by atoms with Crippen LogP contribution in [0, 0.1) is 0 Å². The van der Waals surface area contributed by atoms with Crippen molar-refractivity contribution in [2.45, 2.75) is 32.5 Å². The molecule has 0 aliphatic rings. The summed E-state index contributed by atoms with van der Waals surface area (Å²) >= 11 is 4.97. The van der Waals surface area contributed by atoms with Gasteiger partial charge in [-0.25, -0.2) is 14.4 Å². The van der Waals surface area contributed by atoms with Gasteiger partial charge in [-0.2, -0.15) is 0 Å². The Kier molecular flexibility index (Phi) is 14.0. The minimum absolute atomic E-state index is 0.0386. The second kappa shape index (κ2) is 16.5. The summed E-state index contributed by atoms with van der Waals surface area (Å²) in [6, 6.07) is 17.8. The van der Waals surface area contributed by atoms with Crippen molar-refractivity contribution in [3.8, 4) is 0 Å². The maximum absolute atomic E-state index is 12.3. The fourth-order valence-electron chi connectivity index (χ4n) is 2.61. The molecule has 0 saturated carbocycles. The molecule has 0 saturated heterocycles. The van der Waals surface area contributed by atoms with Crippen molar-refractivity contribution in [3.63, 3.8) is 0 Å². The molecule has 34 heavy (non-hydrogen) atoms. The predicted molar refractivity (Wildman–Crippen MR) is 125 cm³/mol. The molecule has 0 unspecified atom stereocenters. The van der Waals surface area contributed by atoms with Gasteiger partial charge in [-0.15, -0.1) is 0 Å². The lowest BCUT2D eigenvalue weighted by Gasteiger charge is -2.29. The summed E-state index contributed by atoms with van der Waals surface area (Å²) in [5.41, 5.74) is 1.01. The van der Waals surface area contributed by atoms with E-state index >= 15 is 0 Å². The highest BCUT2D eigenvalue weighted by Crippen LogP contribution is 2.10. The van der Waals surface area contributed by atoms with Crippen molar-refractivity contribution in [2.24, 2.45) is 0 Å². The zero-order chi connectivity index (χ0) is 25.3. The standard InChI is InChI=1S/C16H23NO6.C8H7ClO2/c1-12(15(18)22-4)17(10-14(20-2)21-3)16(19)23-11-13-8-6-5-7-9-13;9-8(10)11-6-7-4-2-1-3-5-7/h5-9,12,14H,10-11H2,1-4H3;1-5H,6H2/t12-;/m0./s1. The lowest BCUT2D eigenvalue weighted by molar-refractivity contribution is -0.150. The molecule has 2 aromatic carbocycles. The Morgan fingerprint density at radius 3 is 1.71 bits per heavy atom. The van der Waals surface area contributed by atoms with Crippen LogP contribution >= 0.6 is 11.6 Å². The van der Waals surface area contributed by atoms with Gasteiger partial charge < -0.3 is 23.7 Å². The molecule has 2 rings (SSSR count). The molecule has 0 aliphatic carbocycles. The fraction of sp³-hybridized carbons (Fsp3) is 0.375. The third kappa shape index (κ3) is 11.1. The van der Waals surface area contributed by atoms with E-state index in [4.69, 9.17) is 25.8 Å². The molecule has 0 aromatic heterocycles. The molecule has 10 heteroatoms. The summed E-state index contributed by atoms with van der Waals surface area (Å²) in [6.45, 7) is 1.94. The quantitative estimate of drug-likeness (QED) is 0.207. The molecule has 1 atom stereocenters. The van der Waals surface area contributed by atoms with Crippen LogP contribution in [0.2, 0.25) is 0 Å². The maximum atomic E-state index is 12.3. The fourth-order valence-corrected chi connectivity index (χ4v) is 2.67. The molecular weight excluding hydrogens is 466 g/mol. The largest absolute Gasteiger partial charge is 0.467 e. The molecule has 0 fully saturated rings. The molecule has 0 bridgehead atoms. The van der Waals surface area contributed by atoms with E-state index in [0.717, 1.165) is 11.1 Å². The van der Waals surface area contributed by atoms with E-state index in [-0.39, 0.29) is 19.8 Å². The van der Waals surface area contributed by atoms with Crippen LogP contribution in [0.5, 0.6) is 0 Å². The van der Waals surface area contributed by atoms with E-state index < -0.39 is 29.8 Å². The second-order valence-corrected chi connectivity index (χ2v) is 7.11. The molecule has 0 radical (unpaired) electrons. The number of halogens is 1. The molecule has 186 valence electrons. The molecule has 0 aliphatic heterocycles. The molecular formula is C24H30ClNO8. The first-order chi connectivity index (χ1) is 16.3. The van der Waals surface area contributed by atoms with Gasteiger partial charge in [0.2, 0.25) is 0 Å². The van der Waals surface area contributed by atoms with Gasteiger partial charge in [0.25, 0.3) is 0 Å². The molecule has 2 aromatic rings. The number of rotatable bonds is 10. The number of methoxy groups -OCH3 is 3. The van der Waals surface area contributed by atoms with E-state index in [1.54, 1.807) is 6.92 Å². The number of amides is 1. The van der Waals surface area contributed by atoms with Crippen LogP contribution in [0.25, 0.3) is 0 Å². The monoisotopic (exact) mass is 495 g/mol. The van der Waals surface area contributed by atoms with Crippen LogP contribution in [-0.4, -0.2) is 62.6 Å². The SMILES string of the molecule is COC(=O)[C@H](C)N(CC(OC)OC)C(=O)OCc1ccccc1.O=C(Cl)OCc1ccccc1. The Hall–Kier alpha value is -3.14. The number of hydrogen-bond acceptors (Lipinski definition) is 8. The van der Waals surface area contributed by atoms with E-state index in [1.807, 2.05) is 60.7 Å². The third-order valence-corrected chi connectivity index (χ3v) is 4.63. The number of ether oxygens (including phenoxy) is 5. The number of carbonyl (C=O) groups excluding carboxylic acids is 3. The normalized spacial score (nSPS) is 11.0. The number of nitrogens with zero attached hydrogens (tertiary/aromatic N) is 1. The highest BCUT2D eigenvalue weighted by Gasteiger charge is 2.30. The summed E-state index contributed by atoms with van der Waals surface area (Å²) in [5.74, 6) is -0.549. The number of hydrogen-bond donors (Lipinski definition) is 0. The topological polar surface area (TPSA) is 101 Å².